The minimum atomic E-state index is -0.493. The lowest BCUT2D eigenvalue weighted by Gasteiger charge is -2.19. The molecule has 0 amide bonds. The monoisotopic (exact) mass is 528 g/mol. The second-order valence-corrected chi connectivity index (χ2v) is 9.28. The van der Waals surface area contributed by atoms with Crippen molar-refractivity contribution in [3.63, 3.8) is 0 Å². The third-order valence-corrected chi connectivity index (χ3v) is 6.63. The van der Waals surface area contributed by atoms with Crippen LogP contribution in [0.1, 0.15) is 23.7 Å². The van der Waals surface area contributed by atoms with Crippen molar-refractivity contribution < 1.29 is 19.3 Å². The zero-order valence-electron chi connectivity index (χ0n) is 20.7. The number of hydrogen-bond acceptors (Lipinski definition) is 7. The van der Waals surface area contributed by atoms with E-state index in [1.54, 1.807) is 25.2 Å². The summed E-state index contributed by atoms with van der Waals surface area (Å²) in [7, 11) is 4.62. The van der Waals surface area contributed by atoms with Crippen LogP contribution in [-0.2, 0) is 17.8 Å². The van der Waals surface area contributed by atoms with Crippen molar-refractivity contribution in [3.05, 3.63) is 86.1 Å². The normalized spacial score (nSPS) is 11.4. The highest BCUT2D eigenvalue weighted by Gasteiger charge is 2.27. The molecule has 0 aliphatic rings. The van der Waals surface area contributed by atoms with Crippen LogP contribution in [0.25, 0.3) is 11.1 Å². The molecular weight excluding hydrogens is 500 g/mol. The Morgan fingerprint density at radius 3 is 2.31 bits per heavy atom. The molecule has 3 rings (SSSR count). The molecule has 0 unspecified atom stereocenters. The van der Waals surface area contributed by atoms with Crippen LogP contribution in [0.15, 0.2) is 63.7 Å². The highest BCUT2D eigenvalue weighted by Crippen LogP contribution is 2.45. The second-order valence-electron chi connectivity index (χ2n) is 7.68. The number of aliphatic imine (C=N–C) groups is 1. The van der Waals surface area contributed by atoms with Gasteiger partial charge in [-0.15, -0.1) is 0 Å². The number of hydrogen-bond donors (Lipinski definition) is 2. The first-order valence-corrected chi connectivity index (χ1v) is 12.4. The van der Waals surface area contributed by atoms with E-state index in [0.29, 0.717) is 51.4 Å². The van der Waals surface area contributed by atoms with Crippen LogP contribution in [0.5, 0.6) is 17.2 Å². The quantitative estimate of drug-likeness (QED) is 0.254. The molecule has 0 saturated carbocycles. The minimum absolute atomic E-state index is 0.0305. The number of nitrogens with one attached hydrogen (secondary N) is 1. The van der Waals surface area contributed by atoms with Gasteiger partial charge >= 0.3 is 0 Å². The SMILES string of the molecule is C=C(Cc1ccc(Cl)cc1)SC(=NC)c1c(O)c(-c2c(OC)cccc2OC)c(COCC)[nH]c1=O. The van der Waals surface area contributed by atoms with Crippen molar-refractivity contribution in [2.75, 3.05) is 27.9 Å². The molecule has 0 atom stereocenters. The van der Waals surface area contributed by atoms with Crippen LogP contribution in [0.2, 0.25) is 5.02 Å². The summed E-state index contributed by atoms with van der Waals surface area (Å²) in [5.74, 6) is 0.689. The number of benzene rings is 2. The molecule has 0 fully saturated rings. The number of allylic oxidation sites excluding steroid dienone is 1. The average molecular weight is 529 g/mol. The molecule has 1 aromatic heterocycles. The van der Waals surface area contributed by atoms with Gasteiger partial charge in [-0.05, 0) is 41.7 Å². The van der Waals surface area contributed by atoms with Gasteiger partial charge in [0.25, 0.3) is 5.56 Å². The fraction of sp³-hybridized carbons (Fsp3) is 0.259. The van der Waals surface area contributed by atoms with Gasteiger partial charge in [0, 0.05) is 25.1 Å². The summed E-state index contributed by atoms with van der Waals surface area (Å²) in [5.41, 5.74) is 1.78. The van der Waals surface area contributed by atoms with Crippen molar-refractivity contribution in [3.8, 4) is 28.4 Å². The van der Waals surface area contributed by atoms with Gasteiger partial charge in [0.1, 0.15) is 27.9 Å². The van der Waals surface area contributed by atoms with E-state index in [-0.39, 0.29) is 17.9 Å². The lowest BCUT2D eigenvalue weighted by Crippen LogP contribution is -2.20. The van der Waals surface area contributed by atoms with Gasteiger partial charge in [0.2, 0.25) is 0 Å². The maximum absolute atomic E-state index is 13.2. The van der Waals surface area contributed by atoms with Crippen LogP contribution in [-0.4, -0.2) is 43.0 Å². The summed E-state index contributed by atoms with van der Waals surface area (Å²) in [6, 6.07) is 12.7. The molecule has 0 aliphatic carbocycles. The lowest BCUT2D eigenvalue weighted by molar-refractivity contribution is 0.131. The summed E-state index contributed by atoms with van der Waals surface area (Å²) in [6.45, 7) is 6.48. The fourth-order valence-electron chi connectivity index (χ4n) is 3.73. The predicted molar refractivity (Wildman–Crippen MR) is 147 cm³/mol. The van der Waals surface area contributed by atoms with Crippen LogP contribution in [0.4, 0.5) is 0 Å². The molecular formula is C27H29ClN2O5S. The van der Waals surface area contributed by atoms with E-state index in [1.807, 2.05) is 31.2 Å². The van der Waals surface area contributed by atoms with Crippen LogP contribution >= 0.6 is 23.4 Å². The molecule has 1 heterocycles. The zero-order valence-corrected chi connectivity index (χ0v) is 22.3. The summed E-state index contributed by atoms with van der Waals surface area (Å²) in [6.07, 6.45) is 0.537. The van der Waals surface area contributed by atoms with E-state index in [2.05, 4.69) is 16.6 Å². The summed E-state index contributed by atoms with van der Waals surface area (Å²) in [5, 5.41) is 12.5. The summed E-state index contributed by atoms with van der Waals surface area (Å²) in [4.78, 5) is 21.2. The number of aromatic hydroxyl groups is 1. The van der Waals surface area contributed by atoms with Crippen molar-refractivity contribution >= 4 is 28.4 Å². The van der Waals surface area contributed by atoms with Gasteiger partial charge in [-0.3, -0.25) is 9.79 Å². The Labute approximate surface area is 219 Å². The van der Waals surface area contributed by atoms with Crippen molar-refractivity contribution in [2.24, 2.45) is 4.99 Å². The average Bonchev–Trinajstić information content (AvgIpc) is 2.87. The smallest absolute Gasteiger partial charge is 0.262 e. The maximum Gasteiger partial charge on any atom is 0.262 e. The molecule has 2 N–H and O–H groups in total. The number of aromatic nitrogens is 1. The van der Waals surface area contributed by atoms with Crippen molar-refractivity contribution in [1.82, 2.24) is 4.98 Å². The number of nitrogens with zero attached hydrogens (tertiary/aromatic N) is 1. The van der Waals surface area contributed by atoms with E-state index < -0.39 is 5.56 Å². The van der Waals surface area contributed by atoms with Gasteiger partial charge < -0.3 is 24.3 Å². The Kier molecular flexibility index (Phi) is 9.64. The van der Waals surface area contributed by atoms with E-state index in [0.717, 1.165) is 10.5 Å². The maximum atomic E-state index is 13.2. The highest BCUT2D eigenvalue weighted by atomic mass is 35.5. The van der Waals surface area contributed by atoms with Gasteiger partial charge in [-0.25, -0.2) is 0 Å². The van der Waals surface area contributed by atoms with E-state index >= 15 is 0 Å². The molecule has 0 saturated heterocycles. The fourth-order valence-corrected chi connectivity index (χ4v) is 4.75. The number of ether oxygens (including phenoxy) is 3. The Morgan fingerprint density at radius 2 is 1.75 bits per heavy atom. The molecule has 36 heavy (non-hydrogen) atoms. The number of aromatic amines is 1. The molecule has 2 aromatic carbocycles. The number of rotatable bonds is 10. The van der Waals surface area contributed by atoms with Gasteiger partial charge in [0.05, 0.1) is 37.6 Å². The van der Waals surface area contributed by atoms with Gasteiger partial charge in [-0.1, -0.05) is 48.1 Å². The molecule has 190 valence electrons. The number of methoxy groups -OCH3 is 2. The summed E-state index contributed by atoms with van der Waals surface area (Å²) < 4.78 is 16.7. The lowest BCUT2D eigenvalue weighted by atomic mass is 9.98. The first-order chi connectivity index (χ1) is 17.3. The van der Waals surface area contributed by atoms with Crippen molar-refractivity contribution in [2.45, 2.75) is 20.0 Å². The molecule has 0 bridgehead atoms. The van der Waals surface area contributed by atoms with E-state index in [9.17, 15) is 9.90 Å². The Bertz CT molecular complexity index is 1300. The van der Waals surface area contributed by atoms with E-state index in [4.69, 9.17) is 25.8 Å². The first kappa shape index (κ1) is 27.4. The highest BCUT2D eigenvalue weighted by molar-refractivity contribution is 8.17. The number of halogens is 1. The first-order valence-electron chi connectivity index (χ1n) is 11.2. The number of thioether (sulfide) groups is 1. The molecule has 0 spiro atoms. The standard InChI is InChI=1S/C27H29ClN2O5S/c1-6-35-15-19-22(23-20(33-4)8-7-9-21(23)34-5)25(31)24(26(32)30-19)27(29-3)36-16(2)14-17-10-12-18(28)13-11-17/h7-13H,2,6,14-15H2,1,3-5H3,(H2,30,31,32). The molecule has 0 aliphatic heterocycles. The Balaban J connectivity index is 2.12. The van der Waals surface area contributed by atoms with Crippen LogP contribution < -0.4 is 15.0 Å². The van der Waals surface area contributed by atoms with Crippen LogP contribution in [0.3, 0.4) is 0 Å². The van der Waals surface area contributed by atoms with Gasteiger partial charge in [0.15, 0.2) is 0 Å². The zero-order chi connectivity index (χ0) is 26.2. The summed E-state index contributed by atoms with van der Waals surface area (Å²) >= 11 is 7.20. The van der Waals surface area contributed by atoms with E-state index in [1.165, 1.54) is 26.0 Å². The molecule has 0 radical (unpaired) electrons. The Morgan fingerprint density at radius 1 is 1.11 bits per heavy atom. The largest absolute Gasteiger partial charge is 0.506 e. The number of H-pyrrole nitrogens is 1. The molecule has 3 aromatic rings. The van der Waals surface area contributed by atoms with Gasteiger partial charge in [-0.2, -0.15) is 0 Å². The van der Waals surface area contributed by atoms with Crippen LogP contribution in [0, 0.1) is 0 Å². The minimum Gasteiger partial charge on any atom is -0.506 e. The number of pyridine rings is 1. The molecule has 7 nitrogen and oxygen atoms in total. The third-order valence-electron chi connectivity index (χ3n) is 5.37. The predicted octanol–water partition coefficient (Wildman–Crippen LogP) is 5.82. The van der Waals surface area contributed by atoms with Crippen molar-refractivity contribution in [1.29, 1.82) is 0 Å². The third kappa shape index (κ3) is 6.13. The Hall–Kier alpha value is -3.20. The molecule has 9 heteroatoms. The topological polar surface area (TPSA) is 93.1 Å². The second kappa shape index (κ2) is 12.7.